The molecule has 4 atom stereocenters. The van der Waals surface area contributed by atoms with Crippen LogP contribution >= 0.6 is 0 Å². The normalized spacial score (nSPS) is 14.4. The van der Waals surface area contributed by atoms with Crippen LogP contribution in [0.15, 0.2) is 60.7 Å². The molecule has 0 spiro atoms. The van der Waals surface area contributed by atoms with E-state index in [0.717, 1.165) is 0 Å². The number of aliphatic hydroxyl groups is 2. The van der Waals surface area contributed by atoms with Gasteiger partial charge >= 0.3 is 11.9 Å². The number of aliphatic carboxylic acids is 2. The van der Waals surface area contributed by atoms with Crippen molar-refractivity contribution in [2.24, 2.45) is 0 Å². The molecule has 6 N–H and O–H groups in total. The fraction of sp³-hybridized carbons (Fsp3) is 0.273. The molecule has 32 heavy (non-hydrogen) atoms. The van der Waals surface area contributed by atoms with Gasteiger partial charge in [-0.2, -0.15) is 0 Å². The Bertz CT molecular complexity index is 858. The lowest BCUT2D eigenvalue weighted by Crippen LogP contribution is -2.55. The topological polar surface area (TPSA) is 173 Å². The number of rotatable bonds is 11. The molecule has 10 nitrogen and oxygen atoms in total. The summed E-state index contributed by atoms with van der Waals surface area (Å²) in [5, 5.41) is 42.9. The van der Waals surface area contributed by atoms with Crippen molar-refractivity contribution in [1.82, 2.24) is 10.6 Å². The van der Waals surface area contributed by atoms with Gasteiger partial charge in [0, 0.05) is 12.8 Å². The Balaban J connectivity index is 1.99. The van der Waals surface area contributed by atoms with E-state index in [0.29, 0.717) is 11.1 Å². The van der Waals surface area contributed by atoms with Crippen LogP contribution in [0.25, 0.3) is 0 Å². The van der Waals surface area contributed by atoms with E-state index >= 15 is 0 Å². The standard InChI is InChI=1S/C22H24N2O8/c25-17(19(27)23-15(21(29)30)11-13-7-3-1-4-8-13)18(26)20(28)24-16(22(31)32)12-14-9-5-2-6-10-14/h1-10,15-18,25-26H,11-12H2,(H,23,27)(H,24,28)(H,29,30)(H,31,32)/t15-,16+,17-,18-/m1/s1. The lowest BCUT2D eigenvalue weighted by atomic mass is 10.0. The Morgan fingerprint density at radius 1 is 0.625 bits per heavy atom. The first-order valence-corrected chi connectivity index (χ1v) is 9.69. The molecule has 0 unspecified atom stereocenters. The Labute approximate surface area is 183 Å². The summed E-state index contributed by atoms with van der Waals surface area (Å²) in [5.41, 5.74) is 1.22. The van der Waals surface area contributed by atoms with Crippen LogP contribution in [0.5, 0.6) is 0 Å². The fourth-order valence-corrected chi connectivity index (χ4v) is 2.90. The molecule has 0 saturated carbocycles. The number of aliphatic hydroxyl groups excluding tert-OH is 2. The molecule has 0 aliphatic heterocycles. The van der Waals surface area contributed by atoms with Crippen LogP contribution in [0, 0.1) is 0 Å². The minimum atomic E-state index is -2.31. The average Bonchev–Trinajstić information content (AvgIpc) is 2.78. The minimum Gasteiger partial charge on any atom is -0.480 e. The van der Waals surface area contributed by atoms with Crippen LogP contribution in [-0.2, 0) is 32.0 Å². The van der Waals surface area contributed by atoms with Crippen molar-refractivity contribution >= 4 is 23.8 Å². The Morgan fingerprint density at radius 2 is 0.938 bits per heavy atom. The Hall–Kier alpha value is -3.76. The van der Waals surface area contributed by atoms with E-state index < -0.39 is 48.0 Å². The Morgan fingerprint density at radius 3 is 1.22 bits per heavy atom. The predicted molar refractivity (Wildman–Crippen MR) is 111 cm³/mol. The second-order valence-electron chi connectivity index (χ2n) is 7.07. The molecular weight excluding hydrogens is 420 g/mol. The van der Waals surface area contributed by atoms with Crippen molar-refractivity contribution in [3.8, 4) is 0 Å². The number of hydrogen-bond acceptors (Lipinski definition) is 6. The number of hydrogen-bond donors (Lipinski definition) is 6. The zero-order valence-electron chi connectivity index (χ0n) is 16.9. The molecule has 0 aliphatic rings. The molecule has 0 bridgehead atoms. The molecule has 170 valence electrons. The first-order valence-electron chi connectivity index (χ1n) is 9.69. The van der Waals surface area contributed by atoms with E-state index in [2.05, 4.69) is 10.6 Å². The lowest BCUT2D eigenvalue weighted by molar-refractivity contribution is -0.151. The molecule has 0 aromatic heterocycles. The molecule has 10 heteroatoms. The number of benzene rings is 2. The van der Waals surface area contributed by atoms with Crippen LogP contribution in [-0.4, -0.2) is 68.5 Å². The van der Waals surface area contributed by atoms with Crippen molar-refractivity contribution in [1.29, 1.82) is 0 Å². The first-order chi connectivity index (χ1) is 15.2. The minimum absolute atomic E-state index is 0.0882. The van der Waals surface area contributed by atoms with Gasteiger partial charge in [0.15, 0.2) is 12.2 Å². The molecule has 0 heterocycles. The molecule has 0 saturated heterocycles. The van der Waals surface area contributed by atoms with Crippen LogP contribution in [0.1, 0.15) is 11.1 Å². The predicted octanol–water partition coefficient (Wildman–Crippen LogP) is -0.668. The highest BCUT2D eigenvalue weighted by Gasteiger charge is 2.34. The molecule has 2 amide bonds. The number of carbonyl (C=O) groups excluding carboxylic acids is 2. The molecular formula is C22H24N2O8. The van der Waals surface area contributed by atoms with Gasteiger partial charge in [-0.25, -0.2) is 9.59 Å². The van der Waals surface area contributed by atoms with Crippen molar-refractivity contribution < 1.29 is 39.6 Å². The summed E-state index contributed by atoms with van der Waals surface area (Å²) in [5.74, 6) is -5.32. The number of carboxylic acid groups (broad SMARTS) is 2. The molecule has 2 aromatic carbocycles. The molecule has 0 fully saturated rings. The van der Waals surface area contributed by atoms with E-state index in [9.17, 15) is 39.6 Å². The summed E-state index contributed by atoms with van der Waals surface area (Å²) < 4.78 is 0. The van der Waals surface area contributed by atoms with Crippen molar-refractivity contribution in [3.63, 3.8) is 0 Å². The van der Waals surface area contributed by atoms with Crippen LogP contribution in [0.2, 0.25) is 0 Å². The molecule has 2 rings (SSSR count). The molecule has 0 aliphatic carbocycles. The number of nitrogens with one attached hydrogen (secondary N) is 2. The maximum Gasteiger partial charge on any atom is 0.326 e. The van der Waals surface area contributed by atoms with E-state index in [-0.39, 0.29) is 12.8 Å². The molecule has 2 aromatic rings. The SMILES string of the molecule is O=C(O)[C@H](Cc1ccccc1)NC(=O)[C@H](O)[C@@H](O)C(=O)N[C@H](Cc1ccccc1)C(=O)O. The summed E-state index contributed by atoms with van der Waals surface area (Å²) in [6, 6.07) is 14.0. The maximum absolute atomic E-state index is 12.2. The van der Waals surface area contributed by atoms with Gasteiger partial charge in [-0.3, -0.25) is 9.59 Å². The van der Waals surface area contributed by atoms with Crippen LogP contribution < -0.4 is 10.6 Å². The van der Waals surface area contributed by atoms with Gasteiger partial charge in [-0.15, -0.1) is 0 Å². The van der Waals surface area contributed by atoms with Gasteiger partial charge < -0.3 is 31.1 Å². The zero-order chi connectivity index (χ0) is 23.7. The number of carbonyl (C=O) groups is 4. The lowest BCUT2D eigenvalue weighted by Gasteiger charge is -2.22. The number of carboxylic acids is 2. The van der Waals surface area contributed by atoms with Gasteiger partial charge in [-0.05, 0) is 11.1 Å². The third-order valence-electron chi connectivity index (χ3n) is 4.63. The number of amides is 2. The maximum atomic E-state index is 12.2. The van der Waals surface area contributed by atoms with Gasteiger partial charge in [0.05, 0.1) is 0 Å². The van der Waals surface area contributed by atoms with Crippen LogP contribution in [0.3, 0.4) is 0 Å². The van der Waals surface area contributed by atoms with Crippen molar-refractivity contribution in [2.45, 2.75) is 37.1 Å². The molecule has 0 radical (unpaired) electrons. The highest BCUT2D eigenvalue weighted by atomic mass is 16.4. The van der Waals surface area contributed by atoms with Crippen molar-refractivity contribution in [3.05, 3.63) is 71.8 Å². The van der Waals surface area contributed by atoms with E-state index in [4.69, 9.17) is 0 Å². The van der Waals surface area contributed by atoms with Crippen molar-refractivity contribution in [2.75, 3.05) is 0 Å². The fourth-order valence-electron chi connectivity index (χ4n) is 2.90. The van der Waals surface area contributed by atoms with Gasteiger partial charge in [-0.1, -0.05) is 60.7 Å². The van der Waals surface area contributed by atoms with Crippen LogP contribution in [0.4, 0.5) is 0 Å². The smallest absolute Gasteiger partial charge is 0.326 e. The third-order valence-corrected chi connectivity index (χ3v) is 4.63. The van der Waals surface area contributed by atoms with E-state index in [1.165, 1.54) is 0 Å². The highest BCUT2D eigenvalue weighted by Crippen LogP contribution is 2.07. The first kappa shape index (κ1) is 24.5. The van der Waals surface area contributed by atoms with Gasteiger partial charge in [0.1, 0.15) is 12.1 Å². The van der Waals surface area contributed by atoms with Gasteiger partial charge in [0.2, 0.25) is 0 Å². The Kier molecular flexibility index (Phi) is 8.87. The highest BCUT2D eigenvalue weighted by molar-refractivity contribution is 5.94. The summed E-state index contributed by atoms with van der Waals surface area (Å²) >= 11 is 0. The monoisotopic (exact) mass is 444 g/mol. The second-order valence-corrected chi connectivity index (χ2v) is 7.07. The van der Waals surface area contributed by atoms with E-state index in [1.54, 1.807) is 60.7 Å². The quantitative estimate of drug-likeness (QED) is 0.265. The summed E-state index contributed by atoms with van der Waals surface area (Å²) in [7, 11) is 0. The largest absolute Gasteiger partial charge is 0.480 e. The zero-order valence-corrected chi connectivity index (χ0v) is 16.9. The second kappa shape index (κ2) is 11.6. The third kappa shape index (κ3) is 7.18. The summed E-state index contributed by atoms with van der Waals surface area (Å²) in [6.07, 6.45) is -4.79. The summed E-state index contributed by atoms with van der Waals surface area (Å²) in [6.45, 7) is 0. The van der Waals surface area contributed by atoms with E-state index in [1.807, 2.05) is 0 Å². The summed E-state index contributed by atoms with van der Waals surface area (Å²) in [4.78, 5) is 47.4. The van der Waals surface area contributed by atoms with Gasteiger partial charge in [0.25, 0.3) is 11.8 Å². The average molecular weight is 444 g/mol.